The van der Waals surface area contributed by atoms with Crippen LogP contribution in [0.1, 0.15) is 78.6 Å². The maximum atomic E-state index is 5.47. The zero-order valence-electron chi connectivity index (χ0n) is 11.8. The number of ether oxygens (including phenoxy) is 1. The Balaban J connectivity index is 3.12. The van der Waals surface area contributed by atoms with E-state index < -0.39 is 0 Å². The first kappa shape index (κ1) is 16.0. The minimum atomic E-state index is 0.939. The van der Waals surface area contributed by atoms with Gasteiger partial charge in [0.15, 0.2) is 0 Å². The molecular formula is C15H32O. The Morgan fingerprint density at radius 2 is 1.50 bits per heavy atom. The van der Waals surface area contributed by atoms with Gasteiger partial charge >= 0.3 is 0 Å². The van der Waals surface area contributed by atoms with Gasteiger partial charge in [-0.2, -0.15) is 0 Å². The Bertz CT molecular complexity index is 123. The van der Waals surface area contributed by atoms with Crippen LogP contribution in [0.3, 0.4) is 0 Å². The van der Waals surface area contributed by atoms with Crippen LogP contribution >= 0.6 is 0 Å². The van der Waals surface area contributed by atoms with Crippen molar-refractivity contribution in [1.29, 1.82) is 0 Å². The third-order valence-corrected chi connectivity index (χ3v) is 3.27. The molecule has 0 aromatic heterocycles. The van der Waals surface area contributed by atoms with Gasteiger partial charge in [-0.15, -0.1) is 0 Å². The highest BCUT2D eigenvalue weighted by Gasteiger charge is 2.03. The Morgan fingerprint density at radius 1 is 0.750 bits per heavy atom. The molecule has 0 N–H and O–H groups in total. The average molecular weight is 228 g/mol. The van der Waals surface area contributed by atoms with Crippen molar-refractivity contribution in [3.05, 3.63) is 0 Å². The van der Waals surface area contributed by atoms with Gasteiger partial charge in [0.05, 0.1) is 0 Å². The molecule has 0 bridgehead atoms. The highest BCUT2D eigenvalue weighted by molar-refractivity contribution is 4.57. The van der Waals surface area contributed by atoms with Gasteiger partial charge in [0.1, 0.15) is 0 Å². The van der Waals surface area contributed by atoms with Gasteiger partial charge < -0.3 is 4.74 Å². The van der Waals surface area contributed by atoms with Crippen molar-refractivity contribution in [3.63, 3.8) is 0 Å². The second-order valence-corrected chi connectivity index (χ2v) is 4.88. The SMILES string of the molecule is CCCOCCCCCCC(CC)CCC. The Morgan fingerprint density at radius 3 is 2.12 bits per heavy atom. The van der Waals surface area contributed by atoms with Crippen molar-refractivity contribution in [2.75, 3.05) is 13.2 Å². The number of rotatable bonds is 12. The van der Waals surface area contributed by atoms with Crippen LogP contribution in [-0.2, 0) is 4.74 Å². The van der Waals surface area contributed by atoms with Crippen LogP contribution < -0.4 is 0 Å². The zero-order valence-corrected chi connectivity index (χ0v) is 11.8. The molecule has 0 saturated heterocycles. The van der Waals surface area contributed by atoms with Crippen molar-refractivity contribution >= 4 is 0 Å². The van der Waals surface area contributed by atoms with Gasteiger partial charge in [0, 0.05) is 13.2 Å². The maximum absolute atomic E-state index is 5.47. The predicted octanol–water partition coefficient (Wildman–Crippen LogP) is 5.19. The summed E-state index contributed by atoms with van der Waals surface area (Å²) in [5.74, 6) is 0.987. The van der Waals surface area contributed by atoms with Gasteiger partial charge in [-0.05, 0) is 18.8 Å². The summed E-state index contributed by atoms with van der Waals surface area (Å²) >= 11 is 0. The molecule has 0 spiro atoms. The Labute approximate surface area is 103 Å². The first-order valence-electron chi connectivity index (χ1n) is 7.42. The summed E-state index contributed by atoms with van der Waals surface area (Å²) in [6.07, 6.45) is 12.2. The Hall–Kier alpha value is -0.0400. The third kappa shape index (κ3) is 10.5. The monoisotopic (exact) mass is 228 g/mol. The Kier molecular flexibility index (Phi) is 13.0. The van der Waals surface area contributed by atoms with Gasteiger partial charge in [-0.1, -0.05) is 65.7 Å². The summed E-state index contributed by atoms with van der Waals surface area (Å²) < 4.78 is 5.47. The normalized spacial score (nSPS) is 12.9. The van der Waals surface area contributed by atoms with Crippen LogP contribution in [0, 0.1) is 5.92 Å². The highest BCUT2D eigenvalue weighted by Crippen LogP contribution is 2.18. The largest absolute Gasteiger partial charge is 0.381 e. The summed E-state index contributed by atoms with van der Waals surface area (Å²) in [5, 5.41) is 0. The van der Waals surface area contributed by atoms with Crippen molar-refractivity contribution in [2.24, 2.45) is 5.92 Å². The molecule has 1 heteroatoms. The molecule has 0 aromatic rings. The molecule has 0 fully saturated rings. The summed E-state index contributed by atoms with van der Waals surface area (Å²) in [7, 11) is 0. The molecule has 0 aliphatic carbocycles. The van der Waals surface area contributed by atoms with Crippen molar-refractivity contribution in [2.45, 2.75) is 78.6 Å². The second kappa shape index (κ2) is 13.0. The van der Waals surface area contributed by atoms with E-state index >= 15 is 0 Å². The lowest BCUT2D eigenvalue weighted by atomic mass is 9.94. The fourth-order valence-electron chi connectivity index (χ4n) is 2.20. The molecule has 0 amide bonds. The first-order chi connectivity index (χ1) is 7.85. The van der Waals surface area contributed by atoms with E-state index in [1.807, 2.05) is 0 Å². The molecule has 0 heterocycles. The minimum absolute atomic E-state index is 0.939. The van der Waals surface area contributed by atoms with Crippen LogP contribution in [0.5, 0.6) is 0 Å². The van der Waals surface area contributed by atoms with Crippen LogP contribution in [0.15, 0.2) is 0 Å². The lowest BCUT2D eigenvalue weighted by Gasteiger charge is -2.13. The van der Waals surface area contributed by atoms with Crippen molar-refractivity contribution in [3.8, 4) is 0 Å². The highest BCUT2D eigenvalue weighted by atomic mass is 16.5. The van der Waals surface area contributed by atoms with Gasteiger partial charge in [-0.3, -0.25) is 0 Å². The van der Waals surface area contributed by atoms with E-state index in [0.29, 0.717) is 0 Å². The first-order valence-corrected chi connectivity index (χ1v) is 7.42. The minimum Gasteiger partial charge on any atom is -0.381 e. The fraction of sp³-hybridized carbons (Fsp3) is 1.00. The van der Waals surface area contributed by atoms with E-state index in [2.05, 4.69) is 20.8 Å². The van der Waals surface area contributed by atoms with E-state index in [1.165, 1.54) is 51.4 Å². The van der Waals surface area contributed by atoms with E-state index in [4.69, 9.17) is 4.74 Å². The molecule has 1 nitrogen and oxygen atoms in total. The topological polar surface area (TPSA) is 9.23 Å². The summed E-state index contributed by atoms with van der Waals surface area (Å²) in [4.78, 5) is 0. The standard InChI is InChI=1S/C15H32O/c1-4-11-15(6-3)12-9-7-8-10-14-16-13-5-2/h15H,4-14H2,1-3H3. The van der Waals surface area contributed by atoms with Crippen molar-refractivity contribution < 1.29 is 4.74 Å². The maximum Gasteiger partial charge on any atom is 0.0466 e. The van der Waals surface area contributed by atoms with Crippen molar-refractivity contribution in [1.82, 2.24) is 0 Å². The van der Waals surface area contributed by atoms with Crippen LogP contribution in [0.25, 0.3) is 0 Å². The predicted molar refractivity (Wildman–Crippen MR) is 72.9 cm³/mol. The molecule has 0 saturated carbocycles. The second-order valence-electron chi connectivity index (χ2n) is 4.88. The van der Waals surface area contributed by atoms with E-state index in [0.717, 1.165) is 25.6 Å². The van der Waals surface area contributed by atoms with Crippen LogP contribution in [0.2, 0.25) is 0 Å². The van der Waals surface area contributed by atoms with E-state index in [1.54, 1.807) is 0 Å². The van der Waals surface area contributed by atoms with Gasteiger partial charge in [0.2, 0.25) is 0 Å². The average Bonchev–Trinajstić information content (AvgIpc) is 2.31. The van der Waals surface area contributed by atoms with Gasteiger partial charge in [0.25, 0.3) is 0 Å². The molecule has 1 atom stereocenters. The molecular weight excluding hydrogens is 196 g/mol. The number of hydrogen-bond donors (Lipinski definition) is 0. The number of unbranched alkanes of at least 4 members (excludes halogenated alkanes) is 3. The molecule has 1 unspecified atom stereocenters. The molecule has 98 valence electrons. The number of hydrogen-bond acceptors (Lipinski definition) is 1. The lowest BCUT2D eigenvalue weighted by molar-refractivity contribution is 0.130. The molecule has 0 radical (unpaired) electrons. The summed E-state index contributed by atoms with van der Waals surface area (Å²) in [6, 6.07) is 0. The van der Waals surface area contributed by atoms with E-state index in [9.17, 15) is 0 Å². The molecule has 0 rings (SSSR count). The summed E-state index contributed by atoms with van der Waals surface area (Å²) in [6.45, 7) is 8.71. The smallest absolute Gasteiger partial charge is 0.0466 e. The van der Waals surface area contributed by atoms with Crippen LogP contribution in [0.4, 0.5) is 0 Å². The quantitative estimate of drug-likeness (QED) is 0.418. The summed E-state index contributed by atoms with van der Waals surface area (Å²) in [5.41, 5.74) is 0. The van der Waals surface area contributed by atoms with E-state index in [-0.39, 0.29) is 0 Å². The van der Waals surface area contributed by atoms with Crippen LogP contribution in [-0.4, -0.2) is 13.2 Å². The molecule has 0 aliphatic heterocycles. The molecule has 0 aliphatic rings. The fourth-order valence-corrected chi connectivity index (χ4v) is 2.20. The molecule has 16 heavy (non-hydrogen) atoms. The molecule has 0 aromatic carbocycles. The zero-order chi connectivity index (χ0) is 12.1. The lowest BCUT2D eigenvalue weighted by Crippen LogP contribution is -1.99. The van der Waals surface area contributed by atoms with Gasteiger partial charge in [-0.25, -0.2) is 0 Å². The third-order valence-electron chi connectivity index (χ3n) is 3.27.